The number of amides is 1. The smallest absolute Gasteiger partial charge is 0.326 e. The maximum Gasteiger partial charge on any atom is 0.326 e. The Morgan fingerprint density at radius 2 is 1.92 bits per heavy atom. The van der Waals surface area contributed by atoms with Gasteiger partial charge in [0.15, 0.2) is 6.61 Å². The Bertz CT molecular complexity index is 818. The summed E-state index contributed by atoms with van der Waals surface area (Å²) in [6.45, 7) is 0.420. The van der Waals surface area contributed by atoms with Gasteiger partial charge >= 0.3 is 5.97 Å². The maximum atomic E-state index is 12.6. The fourth-order valence-corrected chi connectivity index (χ4v) is 4.36. The van der Waals surface area contributed by atoms with Gasteiger partial charge in [-0.25, -0.2) is 4.79 Å². The third-order valence-corrected chi connectivity index (χ3v) is 5.55. The van der Waals surface area contributed by atoms with Crippen molar-refractivity contribution in [2.24, 2.45) is 11.8 Å². The van der Waals surface area contributed by atoms with Crippen molar-refractivity contribution in [3.63, 3.8) is 0 Å². The van der Waals surface area contributed by atoms with Crippen molar-refractivity contribution in [2.45, 2.75) is 25.3 Å². The number of benzene rings is 2. The Kier molecular flexibility index (Phi) is 4.07. The fraction of sp³-hybridized carbons (Fsp3) is 0.400. The third-order valence-electron chi connectivity index (χ3n) is 5.55. The summed E-state index contributed by atoms with van der Waals surface area (Å²) in [6, 6.07) is 12.9. The van der Waals surface area contributed by atoms with Gasteiger partial charge in [0.1, 0.15) is 11.8 Å². The molecule has 0 spiro atoms. The van der Waals surface area contributed by atoms with Crippen molar-refractivity contribution in [3.05, 3.63) is 42.5 Å². The van der Waals surface area contributed by atoms with E-state index in [1.54, 1.807) is 0 Å². The number of rotatable bonds is 4. The molecule has 0 bridgehead atoms. The van der Waals surface area contributed by atoms with Gasteiger partial charge in [-0.15, -0.1) is 0 Å². The van der Waals surface area contributed by atoms with E-state index in [-0.39, 0.29) is 18.4 Å². The second-order valence-electron chi connectivity index (χ2n) is 6.98. The molecule has 0 aromatic heterocycles. The van der Waals surface area contributed by atoms with E-state index in [0.29, 0.717) is 18.2 Å². The number of likely N-dealkylation sites (tertiary alicyclic amines) is 1. The van der Waals surface area contributed by atoms with Gasteiger partial charge in [-0.05, 0) is 47.6 Å². The third kappa shape index (κ3) is 2.95. The molecule has 1 saturated carbocycles. The van der Waals surface area contributed by atoms with Gasteiger partial charge in [-0.2, -0.15) is 0 Å². The Morgan fingerprint density at radius 1 is 1.12 bits per heavy atom. The van der Waals surface area contributed by atoms with Crippen LogP contribution in [0.4, 0.5) is 0 Å². The average molecular weight is 339 g/mol. The predicted molar refractivity (Wildman–Crippen MR) is 93.4 cm³/mol. The molecule has 2 fully saturated rings. The van der Waals surface area contributed by atoms with Gasteiger partial charge in [0, 0.05) is 6.54 Å². The molecule has 3 atom stereocenters. The van der Waals surface area contributed by atoms with Crippen molar-refractivity contribution < 1.29 is 19.4 Å². The number of aliphatic carboxylic acids is 1. The van der Waals surface area contributed by atoms with Gasteiger partial charge < -0.3 is 14.7 Å². The van der Waals surface area contributed by atoms with Crippen molar-refractivity contribution in [1.82, 2.24) is 4.90 Å². The zero-order valence-electron chi connectivity index (χ0n) is 13.9. The van der Waals surface area contributed by atoms with E-state index in [2.05, 4.69) is 0 Å². The number of carbonyl (C=O) groups excluding carboxylic acids is 1. The zero-order valence-corrected chi connectivity index (χ0v) is 13.9. The standard InChI is InChI=1S/C20H21NO4/c22-18(21-11-15-6-3-7-17(15)19(21)20(23)24)12-25-16-9-8-13-4-1-2-5-14(13)10-16/h1-2,4-5,8-10,15,17,19H,3,6-7,11-12H2,(H,23,24). The largest absolute Gasteiger partial charge is 0.484 e. The summed E-state index contributed by atoms with van der Waals surface area (Å²) in [5.74, 6) is -0.0884. The van der Waals surface area contributed by atoms with Crippen LogP contribution in [0.1, 0.15) is 19.3 Å². The van der Waals surface area contributed by atoms with Crippen molar-refractivity contribution in [1.29, 1.82) is 0 Å². The Hall–Kier alpha value is -2.56. The van der Waals surface area contributed by atoms with Crippen molar-refractivity contribution in [3.8, 4) is 5.75 Å². The molecule has 4 rings (SSSR count). The van der Waals surface area contributed by atoms with E-state index < -0.39 is 12.0 Å². The number of nitrogens with zero attached hydrogens (tertiary/aromatic N) is 1. The van der Waals surface area contributed by atoms with E-state index in [4.69, 9.17) is 4.74 Å². The Morgan fingerprint density at radius 3 is 2.72 bits per heavy atom. The van der Waals surface area contributed by atoms with Crippen LogP contribution < -0.4 is 4.74 Å². The molecule has 1 amide bonds. The Labute approximate surface area is 146 Å². The van der Waals surface area contributed by atoms with E-state index in [0.717, 1.165) is 30.0 Å². The summed E-state index contributed by atoms with van der Waals surface area (Å²) >= 11 is 0. The van der Waals surface area contributed by atoms with Crippen LogP contribution in [0.5, 0.6) is 5.75 Å². The highest BCUT2D eigenvalue weighted by molar-refractivity contribution is 5.86. The molecule has 1 saturated heterocycles. The first kappa shape index (κ1) is 15.9. The lowest BCUT2D eigenvalue weighted by Crippen LogP contribution is -2.45. The van der Waals surface area contributed by atoms with Crippen LogP contribution >= 0.6 is 0 Å². The van der Waals surface area contributed by atoms with Gasteiger partial charge in [0.05, 0.1) is 0 Å². The maximum absolute atomic E-state index is 12.6. The van der Waals surface area contributed by atoms with Gasteiger partial charge in [0.25, 0.3) is 5.91 Å². The number of ether oxygens (including phenoxy) is 1. The number of carboxylic acid groups (broad SMARTS) is 1. The second-order valence-corrected chi connectivity index (χ2v) is 6.98. The number of hydrogen-bond acceptors (Lipinski definition) is 3. The molecule has 5 heteroatoms. The number of carboxylic acids is 1. The van der Waals surface area contributed by atoms with Crippen LogP contribution in [0.2, 0.25) is 0 Å². The molecule has 25 heavy (non-hydrogen) atoms. The quantitative estimate of drug-likeness (QED) is 0.930. The van der Waals surface area contributed by atoms with E-state index in [1.807, 2.05) is 42.5 Å². The lowest BCUT2D eigenvalue weighted by Gasteiger charge is -2.24. The number of fused-ring (bicyclic) bond motifs is 2. The molecular formula is C20H21NO4. The van der Waals surface area contributed by atoms with E-state index in [1.165, 1.54) is 4.90 Å². The molecule has 1 aliphatic heterocycles. The van der Waals surface area contributed by atoms with Crippen LogP contribution in [0.25, 0.3) is 10.8 Å². The highest BCUT2D eigenvalue weighted by Crippen LogP contribution is 2.42. The minimum absolute atomic E-state index is 0.0992. The minimum Gasteiger partial charge on any atom is -0.484 e. The second kappa shape index (κ2) is 6.39. The average Bonchev–Trinajstić information content (AvgIpc) is 3.20. The monoisotopic (exact) mass is 339 g/mol. The summed E-state index contributed by atoms with van der Waals surface area (Å²) in [4.78, 5) is 25.7. The van der Waals surface area contributed by atoms with Crippen molar-refractivity contribution in [2.75, 3.05) is 13.2 Å². The minimum atomic E-state index is -0.895. The fourth-order valence-electron chi connectivity index (χ4n) is 4.36. The van der Waals surface area contributed by atoms with Crippen LogP contribution in [0.15, 0.2) is 42.5 Å². The molecule has 5 nitrogen and oxygen atoms in total. The lowest BCUT2D eigenvalue weighted by molar-refractivity contribution is -0.150. The molecule has 1 aliphatic carbocycles. The van der Waals surface area contributed by atoms with Crippen LogP contribution in [-0.2, 0) is 9.59 Å². The molecule has 2 aromatic carbocycles. The topological polar surface area (TPSA) is 66.8 Å². The van der Waals surface area contributed by atoms with Crippen molar-refractivity contribution >= 4 is 22.6 Å². The highest BCUT2D eigenvalue weighted by Gasteiger charge is 2.49. The summed E-state index contributed by atoms with van der Waals surface area (Å²) in [5.41, 5.74) is 0. The summed E-state index contributed by atoms with van der Waals surface area (Å²) < 4.78 is 5.65. The molecule has 1 heterocycles. The van der Waals surface area contributed by atoms with Gasteiger partial charge in [-0.3, -0.25) is 4.79 Å². The summed E-state index contributed by atoms with van der Waals surface area (Å²) in [7, 11) is 0. The normalized spacial score (nSPS) is 25.1. The molecule has 130 valence electrons. The van der Waals surface area contributed by atoms with Gasteiger partial charge in [0.2, 0.25) is 0 Å². The van der Waals surface area contributed by atoms with Crippen LogP contribution in [0.3, 0.4) is 0 Å². The first-order valence-corrected chi connectivity index (χ1v) is 8.77. The van der Waals surface area contributed by atoms with E-state index in [9.17, 15) is 14.7 Å². The first-order valence-electron chi connectivity index (χ1n) is 8.77. The summed E-state index contributed by atoms with van der Waals surface area (Å²) in [5, 5.41) is 11.7. The first-order chi connectivity index (χ1) is 12.1. The SMILES string of the molecule is O=C(O)C1C2CCCC2CN1C(=O)COc1ccc2ccccc2c1. The lowest BCUT2D eigenvalue weighted by atomic mass is 9.94. The molecular weight excluding hydrogens is 318 g/mol. The van der Waals surface area contributed by atoms with Gasteiger partial charge in [-0.1, -0.05) is 36.8 Å². The highest BCUT2D eigenvalue weighted by atomic mass is 16.5. The summed E-state index contributed by atoms with van der Waals surface area (Å²) in [6.07, 6.45) is 2.98. The number of hydrogen-bond donors (Lipinski definition) is 1. The molecule has 3 unspecified atom stereocenters. The molecule has 2 aliphatic rings. The van der Waals surface area contributed by atoms with Crippen LogP contribution in [-0.4, -0.2) is 41.1 Å². The Balaban J connectivity index is 1.45. The van der Waals surface area contributed by atoms with Crippen LogP contribution in [0, 0.1) is 11.8 Å². The molecule has 1 N–H and O–H groups in total. The van der Waals surface area contributed by atoms with E-state index >= 15 is 0 Å². The molecule has 2 aromatic rings. The number of carbonyl (C=O) groups is 2. The predicted octanol–water partition coefficient (Wildman–Crippen LogP) is 2.93. The molecule has 0 radical (unpaired) electrons. The zero-order chi connectivity index (χ0) is 17.4.